The van der Waals surface area contributed by atoms with E-state index in [0.29, 0.717) is 12.1 Å². The molecule has 1 aromatic heterocycles. The van der Waals surface area contributed by atoms with Gasteiger partial charge in [-0.3, -0.25) is 0 Å². The molecule has 0 atom stereocenters. The highest BCUT2D eigenvalue weighted by Gasteiger charge is 2.33. The van der Waals surface area contributed by atoms with Crippen molar-refractivity contribution in [1.82, 2.24) is 9.78 Å². The molecule has 0 amide bonds. The molecular weight excluding hydrogens is 392 g/mol. The molecular formula is C17H17Cl2F3N2O2. The molecule has 9 heteroatoms. The van der Waals surface area contributed by atoms with Gasteiger partial charge in [0.25, 0.3) is 0 Å². The maximum Gasteiger partial charge on any atom is 0.416 e. The predicted octanol–water partition coefficient (Wildman–Crippen LogP) is 5.57. The Bertz CT molecular complexity index is 794. The average Bonchev–Trinajstić information content (AvgIpc) is 2.88. The highest BCUT2D eigenvalue weighted by molar-refractivity contribution is 6.38. The minimum atomic E-state index is -4.59. The first kappa shape index (κ1) is 20.6. The lowest BCUT2D eigenvalue weighted by molar-refractivity contribution is -0.137. The van der Waals surface area contributed by atoms with Crippen LogP contribution in [-0.4, -0.2) is 22.4 Å². The van der Waals surface area contributed by atoms with Crippen LogP contribution in [0.1, 0.15) is 42.5 Å². The number of nitrogens with zero attached hydrogens (tertiary/aromatic N) is 2. The largest absolute Gasteiger partial charge is 0.461 e. The Labute approximate surface area is 158 Å². The lowest BCUT2D eigenvalue weighted by Gasteiger charge is -2.14. The average molecular weight is 409 g/mol. The molecule has 0 fully saturated rings. The summed E-state index contributed by atoms with van der Waals surface area (Å²) in [5.41, 5.74) is -0.357. The molecule has 0 aliphatic heterocycles. The number of hydrogen-bond donors (Lipinski definition) is 0. The van der Waals surface area contributed by atoms with E-state index in [1.165, 1.54) is 6.07 Å². The van der Waals surface area contributed by atoms with Crippen molar-refractivity contribution in [2.45, 2.75) is 33.4 Å². The number of halogens is 5. The first-order chi connectivity index (χ1) is 12.0. The van der Waals surface area contributed by atoms with E-state index in [4.69, 9.17) is 27.9 Å². The normalized spacial score (nSPS) is 11.9. The topological polar surface area (TPSA) is 44.1 Å². The second-order valence-corrected chi connectivity index (χ2v) is 6.85. The Hall–Kier alpha value is -1.73. The monoisotopic (exact) mass is 408 g/mol. The van der Waals surface area contributed by atoms with Crippen molar-refractivity contribution < 1.29 is 22.7 Å². The van der Waals surface area contributed by atoms with E-state index in [1.807, 2.05) is 13.8 Å². The summed E-state index contributed by atoms with van der Waals surface area (Å²) in [6, 6.07) is 3.03. The molecule has 1 aromatic carbocycles. The molecule has 0 bridgehead atoms. The quantitative estimate of drug-likeness (QED) is 0.607. The van der Waals surface area contributed by atoms with E-state index in [2.05, 4.69) is 5.10 Å². The van der Waals surface area contributed by atoms with Gasteiger partial charge in [0.15, 0.2) is 5.69 Å². The highest BCUT2D eigenvalue weighted by Crippen LogP contribution is 2.38. The number of benzene rings is 1. The molecule has 2 rings (SSSR count). The van der Waals surface area contributed by atoms with Gasteiger partial charge in [-0.1, -0.05) is 37.0 Å². The number of hydrogen-bond acceptors (Lipinski definition) is 3. The maximum atomic E-state index is 12.9. The van der Waals surface area contributed by atoms with E-state index >= 15 is 0 Å². The van der Waals surface area contributed by atoms with Crippen molar-refractivity contribution in [2.24, 2.45) is 5.92 Å². The smallest absolute Gasteiger partial charge is 0.416 e. The van der Waals surface area contributed by atoms with E-state index in [0.717, 1.165) is 16.8 Å². The summed E-state index contributed by atoms with van der Waals surface area (Å²) in [5.74, 6) is -0.408. The first-order valence-electron chi connectivity index (χ1n) is 7.87. The van der Waals surface area contributed by atoms with E-state index in [1.54, 1.807) is 6.92 Å². The molecule has 142 valence electrons. The maximum absolute atomic E-state index is 12.9. The van der Waals surface area contributed by atoms with Crippen LogP contribution in [0.25, 0.3) is 5.69 Å². The standard InChI is InChI=1S/C17H17Cl2F3N2O2/c1-4-26-16(25)14-8-11(5-9(2)3)23-24(14)15-12(18)6-10(7-13(15)19)17(20,21)22/h6-9H,4-5H2,1-3H3. The summed E-state index contributed by atoms with van der Waals surface area (Å²) < 4.78 is 44.9. The van der Waals surface area contributed by atoms with Crippen LogP contribution in [0.2, 0.25) is 10.0 Å². The van der Waals surface area contributed by atoms with E-state index < -0.39 is 17.7 Å². The number of alkyl halides is 3. The Morgan fingerprint density at radius 2 is 1.81 bits per heavy atom. The molecule has 1 heterocycles. The Balaban J connectivity index is 2.63. The Morgan fingerprint density at radius 1 is 1.23 bits per heavy atom. The second-order valence-electron chi connectivity index (χ2n) is 6.04. The van der Waals surface area contributed by atoms with Gasteiger partial charge >= 0.3 is 12.1 Å². The molecule has 0 saturated heterocycles. The van der Waals surface area contributed by atoms with Gasteiger partial charge in [0.1, 0.15) is 5.69 Å². The number of aromatic nitrogens is 2. The second kappa shape index (κ2) is 7.88. The van der Waals surface area contributed by atoms with Crippen LogP contribution >= 0.6 is 23.2 Å². The van der Waals surface area contributed by atoms with Gasteiger partial charge in [-0.2, -0.15) is 18.3 Å². The van der Waals surface area contributed by atoms with Crippen LogP contribution in [0.15, 0.2) is 18.2 Å². The van der Waals surface area contributed by atoms with Gasteiger partial charge in [-0.25, -0.2) is 9.48 Å². The first-order valence-corrected chi connectivity index (χ1v) is 8.62. The molecule has 0 aliphatic carbocycles. The van der Waals surface area contributed by atoms with Gasteiger partial charge in [0.05, 0.1) is 27.9 Å². The fraction of sp³-hybridized carbons (Fsp3) is 0.412. The SMILES string of the molecule is CCOC(=O)c1cc(CC(C)C)nn1-c1c(Cl)cc(C(F)(F)F)cc1Cl. The third-order valence-electron chi connectivity index (χ3n) is 3.42. The summed E-state index contributed by atoms with van der Waals surface area (Å²) >= 11 is 12.1. The molecule has 0 unspecified atom stereocenters. The summed E-state index contributed by atoms with van der Waals surface area (Å²) in [7, 11) is 0. The van der Waals surface area contributed by atoms with Crippen LogP contribution in [0, 0.1) is 5.92 Å². The van der Waals surface area contributed by atoms with Crippen molar-refractivity contribution >= 4 is 29.2 Å². The zero-order valence-electron chi connectivity index (χ0n) is 14.3. The minimum absolute atomic E-state index is 0.000562. The molecule has 2 aromatic rings. The van der Waals surface area contributed by atoms with Crippen molar-refractivity contribution in [1.29, 1.82) is 0 Å². The van der Waals surface area contributed by atoms with Crippen LogP contribution < -0.4 is 0 Å². The fourth-order valence-electron chi connectivity index (χ4n) is 2.40. The zero-order chi connectivity index (χ0) is 19.6. The van der Waals surface area contributed by atoms with Gasteiger partial charge < -0.3 is 4.74 Å². The Kier molecular flexibility index (Phi) is 6.24. The molecule has 0 N–H and O–H groups in total. The van der Waals surface area contributed by atoms with Crippen LogP contribution in [0.5, 0.6) is 0 Å². The third-order valence-corrected chi connectivity index (χ3v) is 3.99. The van der Waals surface area contributed by atoms with Crippen molar-refractivity contribution in [2.75, 3.05) is 6.61 Å². The van der Waals surface area contributed by atoms with Gasteiger partial charge in [-0.15, -0.1) is 0 Å². The van der Waals surface area contributed by atoms with Crippen molar-refractivity contribution in [3.8, 4) is 5.69 Å². The molecule has 0 aliphatic rings. The lowest BCUT2D eigenvalue weighted by Crippen LogP contribution is -2.13. The summed E-state index contributed by atoms with van der Waals surface area (Å²) in [4.78, 5) is 12.2. The van der Waals surface area contributed by atoms with Crippen LogP contribution in [-0.2, 0) is 17.3 Å². The highest BCUT2D eigenvalue weighted by atomic mass is 35.5. The van der Waals surface area contributed by atoms with E-state index in [9.17, 15) is 18.0 Å². The molecule has 0 spiro atoms. The number of esters is 1. The lowest BCUT2D eigenvalue weighted by atomic mass is 10.1. The van der Waals surface area contributed by atoms with Gasteiger partial charge in [0.2, 0.25) is 0 Å². The van der Waals surface area contributed by atoms with Crippen LogP contribution in [0.4, 0.5) is 13.2 Å². The summed E-state index contributed by atoms with van der Waals surface area (Å²) in [6.07, 6.45) is -4.03. The molecule has 4 nitrogen and oxygen atoms in total. The number of carbonyl (C=O) groups is 1. The Morgan fingerprint density at radius 3 is 2.27 bits per heavy atom. The van der Waals surface area contributed by atoms with Crippen molar-refractivity contribution in [3.05, 3.63) is 45.2 Å². The molecule has 0 saturated carbocycles. The van der Waals surface area contributed by atoms with Gasteiger partial charge in [0, 0.05) is 0 Å². The zero-order valence-corrected chi connectivity index (χ0v) is 15.8. The predicted molar refractivity (Wildman–Crippen MR) is 93.1 cm³/mol. The number of carbonyl (C=O) groups excluding carboxylic acids is 1. The van der Waals surface area contributed by atoms with Gasteiger partial charge in [-0.05, 0) is 37.5 Å². The summed E-state index contributed by atoms with van der Waals surface area (Å²) in [5, 5.41) is 3.77. The minimum Gasteiger partial charge on any atom is -0.461 e. The van der Waals surface area contributed by atoms with Crippen molar-refractivity contribution in [3.63, 3.8) is 0 Å². The fourth-order valence-corrected chi connectivity index (χ4v) is 3.05. The third kappa shape index (κ3) is 4.51. The summed E-state index contributed by atoms with van der Waals surface area (Å²) in [6.45, 7) is 5.73. The van der Waals surface area contributed by atoms with Crippen LogP contribution in [0.3, 0.4) is 0 Å². The number of rotatable bonds is 5. The number of ether oxygens (including phenoxy) is 1. The molecule has 26 heavy (non-hydrogen) atoms. The molecule has 0 radical (unpaired) electrons. The van der Waals surface area contributed by atoms with E-state index in [-0.39, 0.29) is 34.0 Å².